The summed E-state index contributed by atoms with van der Waals surface area (Å²) in [5.74, 6) is 0.808. The molecule has 2 rings (SSSR count). The average Bonchev–Trinajstić information content (AvgIpc) is 2.39. The van der Waals surface area contributed by atoms with Crippen LogP contribution in [0.2, 0.25) is 0 Å². The lowest BCUT2D eigenvalue weighted by Crippen LogP contribution is -2.03. The minimum atomic E-state index is 0.470. The molecule has 0 bridgehead atoms. The molecule has 3 nitrogen and oxygen atoms in total. The van der Waals surface area contributed by atoms with Crippen molar-refractivity contribution in [2.75, 3.05) is 0 Å². The summed E-state index contributed by atoms with van der Waals surface area (Å²) in [5, 5.41) is 0.686. The van der Waals surface area contributed by atoms with Gasteiger partial charge < -0.3 is 4.74 Å². The molecule has 18 heavy (non-hydrogen) atoms. The number of ether oxygens (including phenoxy) is 1. The smallest absolute Gasteiger partial charge is 0.142 e. The van der Waals surface area contributed by atoms with Crippen molar-refractivity contribution in [3.63, 3.8) is 0 Å². The second kappa shape index (κ2) is 5.96. The van der Waals surface area contributed by atoms with E-state index in [2.05, 4.69) is 25.9 Å². The van der Waals surface area contributed by atoms with Crippen molar-refractivity contribution in [2.24, 2.45) is 0 Å². The predicted molar refractivity (Wildman–Crippen MR) is 74.9 cm³/mol. The van der Waals surface area contributed by atoms with Crippen LogP contribution in [0.25, 0.3) is 0 Å². The lowest BCUT2D eigenvalue weighted by atomic mass is 10.2. The first-order chi connectivity index (χ1) is 8.70. The van der Waals surface area contributed by atoms with E-state index in [1.54, 1.807) is 6.20 Å². The van der Waals surface area contributed by atoms with Crippen molar-refractivity contribution in [2.45, 2.75) is 25.8 Å². The highest BCUT2D eigenvalue weighted by molar-refractivity contribution is 9.08. The van der Waals surface area contributed by atoms with E-state index in [-0.39, 0.29) is 0 Å². The topological polar surface area (TPSA) is 35.0 Å². The number of rotatable bonds is 4. The fourth-order valence-corrected chi connectivity index (χ4v) is 2.04. The molecule has 0 atom stereocenters. The summed E-state index contributed by atoms with van der Waals surface area (Å²) in [6.07, 6.45) is 1.78. The average molecular weight is 307 g/mol. The van der Waals surface area contributed by atoms with Gasteiger partial charge in [-0.25, -0.2) is 0 Å². The Balaban J connectivity index is 2.13. The van der Waals surface area contributed by atoms with Crippen LogP contribution in [-0.2, 0) is 11.9 Å². The largest absolute Gasteiger partial charge is 0.485 e. The van der Waals surface area contributed by atoms with Crippen molar-refractivity contribution < 1.29 is 4.74 Å². The Hall–Kier alpha value is -1.42. The van der Waals surface area contributed by atoms with E-state index < -0.39 is 0 Å². The SMILES string of the molecule is Cc1ccc(OCc2ncccc2C)c(CBr)n1. The monoisotopic (exact) mass is 306 g/mol. The molecule has 94 valence electrons. The Morgan fingerprint density at radius 2 is 2.00 bits per heavy atom. The summed E-state index contributed by atoms with van der Waals surface area (Å²) in [6, 6.07) is 7.87. The highest BCUT2D eigenvalue weighted by atomic mass is 79.9. The first-order valence-electron chi connectivity index (χ1n) is 5.76. The van der Waals surface area contributed by atoms with Crippen molar-refractivity contribution in [3.8, 4) is 5.75 Å². The Labute approximate surface area is 115 Å². The summed E-state index contributed by atoms with van der Waals surface area (Å²) in [7, 11) is 0. The zero-order valence-corrected chi connectivity index (χ0v) is 12.1. The molecule has 4 heteroatoms. The number of halogens is 1. The molecule has 2 heterocycles. The van der Waals surface area contributed by atoms with Crippen LogP contribution in [0.5, 0.6) is 5.75 Å². The van der Waals surface area contributed by atoms with Gasteiger partial charge in [0.05, 0.1) is 11.4 Å². The second-order valence-electron chi connectivity index (χ2n) is 4.09. The van der Waals surface area contributed by atoms with Crippen LogP contribution in [0.15, 0.2) is 30.5 Å². The van der Waals surface area contributed by atoms with Gasteiger partial charge in [0.2, 0.25) is 0 Å². The van der Waals surface area contributed by atoms with Gasteiger partial charge in [0.15, 0.2) is 0 Å². The van der Waals surface area contributed by atoms with Gasteiger partial charge >= 0.3 is 0 Å². The minimum absolute atomic E-state index is 0.470. The Morgan fingerprint density at radius 3 is 2.72 bits per heavy atom. The normalized spacial score (nSPS) is 10.4. The Morgan fingerprint density at radius 1 is 1.17 bits per heavy atom. The van der Waals surface area contributed by atoms with Gasteiger partial charge in [-0.15, -0.1) is 0 Å². The zero-order valence-electron chi connectivity index (χ0n) is 10.5. The Kier molecular flexibility index (Phi) is 4.31. The van der Waals surface area contributed by atoms with Gasteiger partial charge in [0.25, 0.3) is 0 Å². The maximum absolute atomic E-state index is 5.79. The third kappa shape index (κ3) is 3.07. The molecule has 0 fully saturated rings. The summed E-state index contributed by atoms with van der Waals surface area (Å²) in [6.45, 7) is 4.47. The number of aryl methyl sites for hydroxylation is 2. The molecule has 0 aliphatic rings. The molecule has 0 amide bonds. The van der Waals surface area contributed by atoms with Crippen molar-refractivity contribution in [1.82, 2.24) is 9.97 Å². The van der Waals surface area contributed by atoms with Crippen LogP contribution in [0.1, 0.15) is 22.6 Å². The minimum Gasteiger partial charge on any atom is -0.485 e. The van der Waals surface area contributed by atoms with Crippen LogP contribution in [0.4, 0.5) is 0 Å². The third-order valence-corrected chi connectivity index (χ3v) is 3.21. The van der Waals surface area contributed by atoms with Crippen molar-refractivity contribution >= 4 is 15.9 Å². The van der Waals surface area contributed by atoms with Gasteiger partial charge in [-0.05, 0) is 37.6 Å². The maximum Gasteiger partial charge on any atom is 0.142 e. The quantitative estimate of drug-likeness (QED) is 0.810. The van der Waals surface area contributed by atoms with Crippen molar-refractivity contribution in [3.05, 3.63) is 53.1 Å². The van der Waals surface area contributed by atoms with Crippen LogP contribution in [0.3, 0.4) is 0 Å². The zero-order chi connectivity index (χ0) is 13.0. The van der Waals surface area contributed by atoms with E-state index in [1.165, 1.54) is 0 Å². The first kappa shape index (κ1) is 13.0. The molecular formula is C14H15BrN2O. The van der Waals surface area contributed by atoms with Gasteiger partial charge in [-0.2, -0.15) is 0 Å². The lowest BCUT2D eigenvalue weighted by Gasteiger charge is -2.10. The number of hydrogen-bond donors (Lipinski definition) is 0. The van der Waals surface area contributed by atoms with Gasteiger partial charge in [-0.3, -0.25) is 9.97 Å². The van der Waals surface area contributed by atoms with Gasteiger partial charge in [0, 0.05) is 17.2 Å². The third-order valence-electron chi connectivity index (χ3n) is 2.68. The van der Waals surface area contributed by atoms with Crippen LogP contribution in [-0.4, -0.2) is 9.97 Å². The van der Waals surface area contributed by atoms with Crippen LogP contribution in [0, 0.1) is 13.8 Å². The summed E-state index contributed by atoms with van der Waals surface area (Å²) >= 11 is 3.43. The molecule has 0 spiro atoms. The van der Waals surface area contributed by atoms with E-state index in [0.29, 0.717) is 11.9 Å². The standard InChI is InChI=1S/C14H15BrN2O/c1-10-4-3-7-16-13(10)9-18-14-6-5-11(2)17-12(14)8-15/h3-7H,8-9H2,1-2H3. The van der Waals surface area contributed by atoms with Crippen LogP contribution < -0.4 is 4.74 Å². The summed E-state index contributed by atoms with van der Waals surface area (Å²) in [4.78, 5) is 8.74. The molecule has 0 saturated heterocycles. The van der Waals surface area contributed by atoms with Crippen molar-refractivity contribution in [1.29, 1.82) is 0 Å². The molecule has 0 N–H and O–H groups in total. The molecule has 0 aliphatic carbocycles. The predicted octanol–water partition coefficient (Wildman–Crippen LogP) is 3.57. The molecule has 0 aliphatic heterocycles. The molecule has 0 aromatic carbocycles. The molecular weight excluding hydrogens is 292 g/mol. The highest BCUT2D eigenvalue weighted by Crippen LogP contribution is 2.20. The van der Waals surface area contributed by atoms with E-state index in [0.717, 1.165) is 28.4 Å². The van der Waals surface area contributed by atoms with E-state index in [1.807, 2.05) is 38.1 Å². The number of aromatic nitrogens is 2. The second-order valence-corrected chi connectivity index (χ2v) is 4.65. The number of pyridine rings is 2. The number of hydrogen-bond acceptors (Lipinski definition) is 3. The summed E-state index contributed by atoms with van der Waals surface area (Å²) in [5.41, 5.74) is 4.01. The molecule has 0 radical (unpaired) electrons. The van der Waals surface area contributed by atoms with E-state index in [9.17, 15) is 0 Å². The molecule has 0 unspecified atom stereocenters. The van der Waals surface area contributed by atoms with Gasteiger partial charge in [0.1, 0.15) is 12.4 Å². The number of nitrogens with zero attached hydrogens (tertiary/aromatic N) is 2. The first-order valence-corrected chi connectivity index (χ1v) is 6.88. The summed E-state index contributed by atoms with van der Waals surface area (Å²) < 4.78 is 5.79. The molecule has 2 aromatic heterocycles. The Bertz CT molecular complexity index is 543. The maximum atomic E-state index is 5.79. The fourth-order valence-electron chi connectivity index (χ4n) is 1.64. The molecule has 2 aromatic rings. The molecule has 0 saturated carbocycles. The lowest BCUT2D eigenvalue weighted by molar-refractivity contribution is 0.296. The number of alkyl halides is 1. The van der Waals surface area contributed by atoms with Gasteiger partial charge in [-0.1, -0.05) is 22.0 Å². The van der Waals surface area contributed by atoms with E-state index >= 15 is 0 Å². The van der Waals surface area contributed by atoms with Crippen LogP contribution >= 0.6 is 15.9 Å². The fraction of sp³-hybridized carbons (Fsp3) is 0.286. The highest BCUT2D eigenvalue weighted by Gasteiger charge is 2.06. The van der Waals surface area contributed by atoms with E-state index in [4.69, 9.17) is 4.74 Å².